The Hall–Kier alpha value is -1.16. The monoisotopic (exact) mass is 206 g/mol. The normalized spacial score (nSPS) is 18.1. The van der Waals surface area contributed by atoms with Crippen LogP contribution in [-0.4, -0.2) is 29.8 Å². The predicted octanol–water partition coefficient (Wildman–Crippen LogP) is 0.960. The van der Waals surface area contributed by atoms with Crippen molar-refractivity contribution in [2.45, 2.75) is 19.8 Å². The van der Waals surface area contributed by atoms with Crippen molar-refractivity contribution in [1.82, 2.24) is 10.2 Å². The van der Waals surface area contributed by atoms with E-state index >= 15 is 0 Å². The molecule has 1 aliphatic rings. The third-order valence-electron chi connectivity index (χ3n) is 3.06. The van der Waals surface area contributed by atoms with Crippen molar-refractivity contribution in [3.8, 4) is 0 Å². The number of aryl methyl sites for hydroxylation is 1. The second-order valence-corrected chi connectivity index (χ2v) is 4.20. The van der Waals surface area contributed by atoms with Gasteiger partial charge in [0.15, 0.2) is 5.82 Å². The lowest BCUT2D eigenvalue weighted by molar-refractivity contribution is 0.412. The number of aromatic nitrogens is 2. The van der Waals surface area contributed by atoms with Gasteiger partial charge in [-0.1, -0.05) is 0 Å². The van der Waals surface area contributed by atoms with Crippen LogP contribution in [0.15, 0.2) is 12.1 Å². The van der Waals surface area contributed by atoms with E-state index in [2.05, 4.69) is 15.1 Å². The van der Waals surface area contributed by atoms with Gasteiger partial charge in [0, 0.05) is 13.1 Å². The molecule has 0 aliphatic carbocycles. The number of rotatable bonds is 2. The fraction of sp³-hybridized carbons (Fsp3) is 0.636. The number of hydrogen-bond acceptors (Lipinski definition) is 4. The van der Waals surface area contributed by atoms with E-state index in [4.69, 9.17) is 5.73 Å². The molecule has 1 saturated heterocycles. The van der Waals surface area contributed by atoms with Crippen LogP contribution in [0, 0.1) is 12.8 Å². The molecule has 1 aromatic rings. The second kappa shape index (κ2) is 4.57. The Kier molecular flexibility index (Phi) is 3.16. The number of hydrogen-bond donors (Lipinski definition) is 1. The molecule has 15 heavy (non-hydrogen) atoms. The van der Waals surface area contributed by atoms with Crippen LogP contribution in [0.1, 0.15) is 18.5 Å². The lowest BCUT2D eigenvalue weighted by Gasteiger charge is -2.31. The first-order chi connectivity index (χ1) is 7.29. The highest BCUT2D eigenvalue weighted by molar-refractivity contribution is 5.37. The van der Waals surface area contributed by atoms with Crippen LogP contribution >= 0.6 is 0 Å². The molecule has 4 heteroatoms. The maximum Gasteiger partial charge on any atom is 0.151 e. The summed E-state index contributed by atoms with van der Waals surface area (Å²) in [6.45, 7) is 4.88. The van der Waals surface area contributed by atoms with E-state index in [-0.39, 0.29) is 0 Å². The second-order valence-electron chi connectivity index (χ2n) is 4.20. The van der Waals surface area contributed by atoms with Crippen molar-refractivity contribution in [3.05, 3.63) is 17.8 Å². The average Bonchev–Trinajstić information content (AvgIpc) is 2.30. The summed E-state index contributed by atoms with van der Waals surface area (Å²) in [6.07, 6.45) is 2.35. The minimum absolute atomic E-state index is 0.694. The molecule has 4 nitrogen and oxygen atoms in total. The Morgan fingerprint density at radius 1 is 1.33 bits per heavy atom. The zero-order chi connectivity index (χ0) is 10.7. The zero-order valence-electron chi connectivity index (χ0n) is 9.19. The van der Waals surface area contributed by atoms with Gasteiger partial charge in [0.05, 0.1) is 5.69 Å². The lowest BCUT2D eigenvalue weighted by atomic mass is 9.97. The Bertz CT molecular complexity index is 301. The van der Waals surface area contributed by atoms with Crippen molar-refractivity contribution >= 4 is 5.82 Å². The van der Waals surface area contributed by atoms with E-state index in [1.165, 1.54) is 12.8 Å². The van der Waals surface area contributed by atoms with Gasteiger partial charge in [-0.25, -0.2) is 0 Å². The van der Waals surface area contributed by atoms with Crippen molar-refractivity contribution in [1.29, 1.82) is 0 Å². The third kappa shape index (κ3) is 2.45. The molecule has 0 unspecified atom stereocenters. The first-order valence-electron chi connectivity index (χ1n) is 5.55. The Morgan fingerprint density at radius 3 is 2.60 bits per heavy atom. The van der Waals surface area contributed by atoms with Crippen molar-refractivity contribution in [3.63, 3.8) is 0 Å². The Labute approximate surface area is 90.5 Å². The van der Waals surface area contributed by atoms with E-state index in [1.807, 2.05) is 19.1 Å². The van der Waals surface area contributed by atoms with Crippen molar-refractivity contribution in [2.75, 3.05) is 24.5 Å². The third-order valence-corrected chi connectivity index (χ3v) is 3.06. The van der Waals surface area contributed by atoms with Crippen LogP contribution in [0.5, 0.6) is 0 Å². The molecular weight excluding hydrogens is 188 g/mol. The molecule has 1 aliphatic heterocycles. The summed E-state index contributed by atoms with van der Waals surface area (Å²) in [5, 5.41) is 8.27. The standard InChI is InChI=1S/C11H18N4/c1-9-2-3-11(14-13-9)15-6-4-10(8-12)5-7-15/h2-3,10H,4-8,12H2,1H3. The molecule has 2 N–H and O–H groups in total. The fourth-order valence-corrected chi connectivity index (χ4v) is 1.96. The number of nitrogens with two attached hydrogens (primary N) is 1. The molecule has 0 spiro atoms. The van der Waals surface area contributed by atoms with Crippen LogP contribution in [-0.2, 0) is 0 Å². The van der Waals surface area contributed by atoms with Gasteiger partial charge in [-0.2, -0.15) is 5.10 Å². The van der Waals surface area contributed by atoms with Gasteiger partial charge in [-0.15, -0.1) is 5.10 Å². The molecule has 1 fully saturated rings. The molecule has 0 atom stereocenters. The van der Waals surface area contributed by atoms with Gasteiger partial charge >= 0.3 is 0 Å². The molecule has 2 rings (SSSR count). The lowest BCUT2D eigenvalue weighted by Crippen LogP contribution is -2.36. The summed E-state index contributed by atoms with van der Waals surface area (Å²) in [6, 6.07) is 4.06. The topological polar surface area (TPSA) is 55.0 Å². The first-order valence-corrected chi connectivity index (χ1v) is 5.55. The molecule has 0 aromatic carbocycles. The summed E-state index contributed by atoms with van der Waals surface area (Å²) in [7, 11) is 0. The smallest absolute Gasteiger partial charge is 0.151 e. The van der Waals surface area contributed by atoms with Gasteiger partial charge in [-0.3, -0.25) is 0 Å². The van der Waals surface area contributed by atoms with E-state index in [9.17, 15) is 0 Å². The molecule has 2 heterocycles. The van der Waals surface area contributed by atoms with Crippen LogP contribution in [0.25, 0.3) is 0 Å². The quantitative estimate of drug-likeness (QED) is 0.783. The molecular formula is C11H18N4. The van der Waals surface area contributed by atoms with Crippen molar-refractivity contribution < 1.29 is 0 Å². The van der Waals surface area contributed by atoms with Crippen LogP contribution in [0.4, 0.5) is 5.82 Å². The maximum atomic E-state index is 5.66. The maximum absolute atomic E-state index is 5.66. The molecule has 0 saturated carbocycles. The largest absolute Gasteiger partial charge is 0.355 e. The summed E-state index contributed by atoms with van der Waals surface area (Å²) >= 11 is 0. The molecule has 0 radical (unpaired) electrons. The van der Waals surface area contributed by atoms with Gasteiger partial charge in [0.25, 0.3) is 0 Å². The minimum atomic E-state index is 0.694. The Morgan fingerprint density at radius 2 is 2.07 bits per heavy atom. The van der Waals surface area contributed by atoms with Crippen LogP contribution in [0.3, 0.4) is 0 Å². The molecule has 1 aromatic heterocycles. The summed E-state index contributed by atoms with van der Waals surface area (Å²) < 4.78 is 0. The van der Waals surface area contributed by atoms with Crippen molar-refractivity contribution in [2.24, 2.45) is 11.7 Å². The van der Waals surface area contributed by atoms with Gasteiger partial charge in [-0.05, 0) is 44.4 Å². The van der Waals surface area contributed by atoms with Crippen LogP contribution in [0.2, 0.25) is 0 Å². The molecule has 0 amide bonds. The number of nitrogens with zero attached hydrogens (tertiary/aromatic N) is 3. The van der Waals surface area contributed by atoms with Crippen LogP contribution < -0.4 is 10.6 Å². The van der Waals surface area contributed by atoms with E-state index in [0.717, 1.165) is 31.1 Å². The molecule has 82 valence electrons. The van der Waals surface area contributed by atoms with E-state index in [1.54, 1.807) is 0 Å². The van der Waals surface area contributed by atoms with Gasteiger partial charge < -0.3 is 10.6 Å². The highest BCUT2D eigenvalue weighted by atomic mass is 15.3. The van der Waals surface area contributed by atoms with E-state index < -0.39 is 0 Å². The summed E-state index contributed by atoms with van der Waals surface area (Å²) in [5.74, 6) is 1.69. The Balaban J connectivity index is 1.98. The fourth-order valence-electron chi connectivity index (χ4n) is 1.96. The number of anilines is 1. The van der Waals surface area contributed by atoms with E-state index in [0.29, 0.717) is 5.92 Å². The number of piperidine rings is 1. The minimum Gasteiger partial charge on any atom is -0.355 e. The predicted molar refractivity (Wildman–Crippen MR) is 60.8 cm³/mol. The highest BCUT2D eigenvalue weighted by Gasteiger charge is 2.18. The summed E-state index contributed by atoms with van der Waals surface area (Å²) in [5.41, 5.74) is 6.63. The molecule has 0 bridgehead atoms. The SMILES string of the molecule is Cc1ccc(N2CCC(CN)CC2)nn1. The average molecular weight is 206 g/mol. The highest BCUT2D eigenvalue weighted by Crippen LogP contribution is 2.20. The first kappa shape index (κ1) is 10.4. The zero-order valence-corrected chi connectivity index (χ0v) is 9.19. The summed E-state index contributed by atoms with van der Waals surface area (Å²) in [4.78, 5) is 2.29. The van der Waals surface area contributed by atoms with Gasteiger partial charge in [0.2, 0.25) is 0 Å². The van der Waals surface area contributed by atoms with Gasteiger partial charge in [0.1, 0.15) is 0 Å².